The Labute approximate surface area is 123 Å². The van der Waals surface area contributed by atoms with Crippen molar-refractivity contribution in [1.29, 1.82) is 0 Å². The van der Waals surface area contributed by atoms with E-state index in [4.69, 9.17) is 4.43 Å². The summed E-state index contributed by atoms with van der Waals surface area (Å²) in [5.74, 6) is 3.29. The molecule has 1 nitrogen and oxygen atoms in total. The van der Waals surface area contributed by atoms with Crippen LogP contribution in [0, 0.1) is 11.5 Å². The van der Waals surface area contributed by atoms with Crippen LogP contribution in [0.5, 0.6) is 0 Å². The second-order valence-corrected chi connectivity index (χ2v) is 14.4. The van der Waals surface area contributed by atoms with E-state index in [-0.39, 0.29) is 11.1 Å². The van der Waals surface area contributed by atoms with Gasteiger partial charge >= 0.3 is 0 Å². The molecule has 110 valence electrons. The molecule has 0 aliphatic carbocycles. The van der Waals surface area contributed by atoms with E-state index in [0.717, 1.165) is 19.3 Å². The highest BCUT2D eigenvalue weighted by atomic mass is 28.4. The van der Waals surface area contributed by atoms with Gasteiger partial charge in [-0.15, -0.1) is 18.0 Å². The van der Waals surface area contributed by atoms with E-state index in [1.54, 1.807) is 0 Å². The molecule has 0 rings (SSSR count). The molecule has 1 atom stereocenters. The molecule has 0 radical (unpaired) electrons. The van der Waals surface area contributed by atoms with Crippen molar-refractivity contribution < 1.29 is 4.43 Å². The quantitative estimate of drug-likeness (QED) is 0.297. The lowest BCUT2D eigenvalue weighted by Gasteiger charge is -2.38. The van der Waals surface area contributed by atoms with Crippen molar-refractivity contribution in [1.82, 2.24) is 0 Å². The summed E-state index contributed by atoms with van der Waals surface area (Å²) in [6.45, 7) is 19.9. The largest absolute Gasteiger partial charge is 0.411 e. The van der Waals surface area contributed by atoms with Crippen LogP contribution in [0.4, 0.5) is 0 Å². The van der Waals surface area contributed by atoms with Crippen LogP contribution in [0.15, 0.2) is 12.7 Å². The molecule has 0 aromatic heterocycles. The van der Waals surface area contributed by atoms with E-state index in [1.807, 2.05) is 6.08 Å². The minimum absolute atomic E-state index is 0.194. The summed E-state index contributed by atoms with van der Waals surface area (Å²) in [6, 6.07) is 0. The lowest BCUT2D eigenvalue weighted by atomic mass is 10.1. The van der Waals surface area contributed by atoms with Gasteiger partial charge in [-0.2, -0.15) is 0 Å². The van der Waals surface area contributed by atoms with E-state index in [0.29, 0.717) is 0 Å². The van der Waals surface area contributed by atoms with E-state index in [9.17, 15) is 0 Å². The van der Waals surface area contributed by atoms with Gasteiger partial charge in [-0.25, -0.2) is 0 Å². The van der Waals surface area contributed by atoms with E-state index < -0.39 is 17.1 Å². The highest BCUT2D eigenvalue weighted by Gasteiger charge is 2.38. The van der Waals surface area contributed by atoms with Crippen molar-refractivity contribution in [3.05, 3.63) is 12.7 Å². The topological polar surface area (TPSA) is 9.23 Å². The minimum atomic E-state index is -1.68. The van der Waals surface area contributed by atoms with Crippen molar-refractivity contribution in [2.75, 3.05) is 0 Å². The van der Waals surface area contributed by atoms with Crippen molar-refractivity contribution in [3.8, 4) is 11.5 Å². The van der Waals surface area contributed by atoms with Crippen LogP contribution in [0.1, 0.15) is 40.0 Å². The fraction of sp³-hybridized carbons (Fsp3) is 0.750. The lowest BCUT2D eigenvalue weighted by molar-refractivity contribution is 0.213. The zero-order valence-electron chi connectivity index (χ0n) is 14.0. The molecule has 0 fully saturated rings. The SMILES string of the molecule is C=CC(CCCC#C[SiH](C)C)O[Si](C)(C)C(C)(C)C. The monoisotopic (exact) mass is 296 g/mol. The van der Waals surface area contributed by atoms with Gasteiger partial charge in [0, 0.05) is 6.42 Å². The maximum atomic E-state index is 6.36. The average molecular weight is 297 g/mol. The number of hydrogen-bond donors (Lipinski definition) is 0. The predicted octanol–water partition coefficient (Wildman–Crippen LogP) is 4.76. The van der Waals surface area contributed by atoms with Gasteiger partial charge in [0.15, 0.2) is 8.32 Å². The van der Waals surface area contributed by atoms with Crippen LogP contribution in [0.3, 0.4) is 0 Å². The zero-order chi connectivity index (χ0) is 15.1. The first kappa shape index (κ1) is 18.7. The maximum absolute atomic E-state index is 6.36. The van der Waals surface area contributed by atoms with Crippen LogP contribution < -0.4 is 0 Å². The summed E-state index contributed by atoms with van der Waals surface area (Å²) in [7, 11) is -2.38. The van der Waals surface area contributed by atoms with Gasteiger partial charge in [0.2, 0.25) is 0 Å². The smallest absolute Gasteiger partial charge is 0.192 e. The first-order chi connectivity index (χ1) is 8.60. The normalized spacial score (nSPS) is 13.9. The summed E-state index contributed by atoms with van der Waals surface area (Å²) < 4.78 is 6.36. The molecule has 0 amide bonds. The summed E-state index contributed by atoms with van der Waals surface area (Å²) in [4.78, 5) is 0. The molecule has 0 N–H and O–H groups in total. The second-order valence-electron chi connectivity index (χ2n) is 7.02. The van der Waals surface area contributed by atoms with Gasteiger partial charge in [-0.3, -0.25) is 0 Å². The highest BCUT2D eigenvalue weighted by molar-refractivity contribution is 6.74. The first-order valence-electron chi connectivity index (χ1n) is 7.39. The fourth-order valence-electron chi connectivity index (χ4n) is 1.45. The molecular weight excluding hydrogens is 264 g/mol. The molecule has 0 saturated heterocycles. The van der Waals surface area contributed by atoms with Crippen molar-refractivity contribution in [3.63, 3.8) is 0 Å². The zero-order valence-corrected chi connectivity index (χ0v) is 16.1. The predicted molar refractivity (Wildman–Crippen MR) is 92.8 cm³/mol. The molecule has 0 heterocycles. The van der Waals surface area contributed by atoms with Gasteiger partial charge < -0.3 is 4.43 Å². The Balaban J connectivity index is 4.25. The number of unbranched alkanes of at least 4 members (excludes halogenated alkanes) is 1. The van der Waals surface area contributed by atoms with Gasteiger partial charge in [-0.1, -0.05) is 39.9 Å². The molecule has 0 aromatic carbocycles. The van der Waals surface area contributed by atoms with E-state index in [1.165, 1.54) is 0 Å². The molecule has 0 saturated carbocycles. The first-order valence-corrected chi connectivity index (χ1v) is 13.2. The van der Waals surface area contributed by atoms with Crippen LogP contribution in [0.2, 0.25) is 31.2 Å². The van der Waals surface area contributed by atoms with Crippen molar-refractivity contribution in [2.45, 2.75) is 77.4 Å². The lowest BCUT2D eigenvalue weighted by Crippen LogP contribution is -2.43. The maximum Gasteiger partial charge on any atom is 0.192 e. The van der Waals surface area contributed by atoms with E-state index >= 15 is 0 Å². The van der Waals surface area contributed by atoms with Gasteiger partial charge in [-0.05, 0) is 31.0 Å². The third-order valence-corrected chi connectivity index (χ3v) is 8.98. The average Bonchev–Trinajstić information content (AvgIpc) is 2.24. The van der Waals surface area contributed by atoms with Crippen LogP contribution in [-0.2, 0) is 4.43 Å². The molecule has 0 spiro atoms. The van der Waals surface area contributed by atoms with Crippen molar-refractivity contribution in [2.24, 2.45) is 0 Å². The molecule has 0 aliphatic heterocycles. The summed E-state index contributed by atoms with van der Waals surface area (Å²) in [6.07, 6.45) is 5.31. The number of rotatable bonds is 6. The fourth-order valence-corrected chi connectivity index (χ4v) is 3.33. The Morgan fingerprint density at radius 3 is 2.32 bits per heavy atom. The molecule has 19 heavy (non-hydrogen) atoms. The molecule has 1 unspecified atom stereocenters. The van der Waals surface area contributed by atoms with Crippen molar-refractivity contribution >= 4 is 17.1 Å². The number of hydrogen-bond acceptors (Lipinski definition) is 1. The minimum Gasteiger partial charge on any atom is -0.411 e. The van der Waals surface area contributed by atoms with Crippen LogP contribution in [0.25, 0.3) is 0 Å². The van der Waals surface area contributed by atoms with E-state index in [2.05, 4.69) is 65.0 Å². The van der Waals surface area contributed by atoms with Crippen LogP contribution in [-0.4, -0.2) is 23.2 Å². The third kappa shape index (κ3) is 7.76. The van der Waals surface area contributed by atoms with Gasteiger partial charge in [0.25, 0.3) is 0 Å². The summed E-state index contributed by atoms with van der Waals surface area (Å²) in [5, 5.41) is 0.261. The molecule has 0 aromatic rings. The van der Waals surface area contributed by atoms with Crippen LogP contribution >= 0.6 is 0 Å². The highest BCUT2D eigenvalue weighted by Crippen LogP contribution is 2.37. The molecule has 3 heteroatoms. The third-order valence-electron chi connectivity index (χ3n) is 3.70. The molecule has 0 bridgehead atoms. The Bertz CT molecular complexity index is 329. The molecular formula is C16H32OSi2. The summed E-state index contributed by atoms with van der Waals surface area (Å²) in [5.41, 5.74) is 3.34. The Morgan fingerprint density at radius 1 is 1.32 bits per heavy atom. The van der Waals surface area contributed by atoms with Gasteiger partial charge in [0.05, 0.1) is 6.10 Å². The Hall–Kier alpha value is -0.306. The Morgan fingerprint density at radius 2 is 1.89 bits per heavy atom. The summed E-state index contributed by atoms with van der Waals surface area (Å²) >= 11 is 0. The second kappa shape index (κ2) is 8.09. The van der Waals surface area contributed by atoms with Gasteiger partial charge in [0.1, 0.15) is 8.80 Å². The molecule has 0 aliphatic rings. The Kier molecular flexibility index (Phi) is 7.96. The standard InChI is InChI=1S/C16H32OSi2/c1-9-15(13-11-10-12-14-18(5)6)17-19(7,8)16(2,3)4/h9,15,18H,1,10-11,13H2,2-8H3.